The van der Waals surface area contributed by atoms with Gasteiger partial charge in [0.05, 0.1) is 24.9 Å². The lowest BCUT2D eigenvalue weighted by atomic mass is 9.84. The van der Waals surface area contributed by atoms with Crippen molar-refractivity contribution in [2.75, 3.05) is 7.11 Å². The van der Waals surface area contributed by atoms with Gasteiger partial charge in [0, 0.05) is 0 Å². The number of phenols is 1. The molecular weight excluding hydrogens is 304 g/mol. The number of Topliss-reactive ketones (excluding diaryl/α,β-unsaturated/α-hetero) is 1. The van der Waals surface area contributed by atoms with E-state index in [1.807, 2.05) is 0 Å². The standard InChI is InChI=1S/C16H14O7/c1-22-16(21)8-2-3-9(18)15-12(8)14(20)13-10(19)4-7(6-17)5-11(13)23-15/h2-5,9,15,17-19H,6H2,1H3/t9-,15-/m1/s1. The van der Waals surface area contributed by atoms with Gasteiger partial charge in [0.2, 0.25) is 5.78 Å². The minimum Gasteiger partial charge on any atom is -0.507 e. The van der Waals surface area contributed by atoms with Crippen LogP contribution in [0.5, 0.6) is 11.5 Å². The Morgan fingerprint density at radius 2 is 2.13 bits per heavy atom. The number of aliphatic hydroxyl groups excluding tert-OH is 2. The van der Waals surface area contributed by atoms with Gasteiger partial charge in [0.1, 0.15) is 23.2 Å². The molecule has 0 spiro atoms. The highest BCUT2D eigenvalue weighted by Gasteiger charge is 2.42. The van der Waals surface area contributed by atoms with E-state index in [0.717, 1.165) is 0 Å². The molecule has 0 aromatic heterocycles. The normalized spacial score (nSPS) is 22.3. The number of methoxy groups -OCH3 is 1. The number of esters is 1. The molecule has 0 bridgehead atoms. The molecule has 3 N–H and O–H groups in total. The van der Waals surface area contributed by atoms with Crippen molar-refractivity contribution in [3.63, 3.8) is 0 Å². The minimum absolute atomic E-state index is 0.0240. The van der Waals surface area contributed by atoms with Gasteiger partial charge in [-0.25, -0.2) is 4.79 Å². The molecule has 0 unspecified atom stereocenters. The SMILES string of the molecule is COC(=O)C1=C2C(=O)c3c(O)cc(CO)cc3O[C@@H]2[C@H](O)C=C1. The second kappa shape index (κ2) is 5.53. The summed E-state index contributed by atoms with van der Waals surface area (Å²) in [6, 6.07) is 2.65. The Hall–Kier alpha value is -2.64. The van der Waals surface area contributed by atoms with Gasteiger partial charge in [-0.05, 0) is 23.8 Å². The second-order valence-corrected chi connectivity index (χ2v) is 5.18. The predicted molar refractivity (Wildman–Crippen MR) is 77.0 cm³/mol. The van der Waals surface area contributed by atoms with Crippen molar-refractivity contribution in [1.29, 1.82) is 0 Å². The molecule has 2 aliphatic rings. The molecule has 7 nitrogen and oxygen atoms in total. The van der Waals surface area contributed by atoms with Gasteiger partial charge in [0.25, 0.3) is 0 Å². The van der Waals surface area contributed by atoms with Crippen LogP contribution in [0.15, 0.2) is 35.4 Å². The molecule has 2 atom stereocenters. The van der Waals surface area contributed by atoms with Crippen molar-refractivity contribution in [3.8, 4) is 11.5 Å². The highest BCUT2D eigenvalue weighted by Crippen LogP contribution is 2.41. The van der Waals surface area contributed by atoms with E-state index in [2.05, 4.69) is 4.74 Å². The highest BCUT2D eigenvalue weighted by atomic mass is 16.5. The van der Waals surface area contributed by atoms with E-state index in [4.69, 9.17) is 4.74 Å². The fourth-order valence-electron chi connectivity index (χ4n) is 2.72. The molecule has 0 fully saturated rings. The molecule has 120 valence electrons. The molecule has 1 heterocycles. The van der Waals surface area contributed by atoms with Crippen molar-refractivity contribution in [2.45, 2.75) is 18.8 Å². The van der Waals surface area contributed by atoms with Crippen LogP contribution in [0.2, 0.25) is 0 Å². The van der Waals surface area contributed by atoms with Crippen LogP contribution in [0.25, 0.3) is 0 Å². The van der Waals surface area contributed by atoms with Gasteiger partial charge in [-0.1, -0.05) is 6.08 Å². The summed E-state index contributed by atoms with van der Waals surface area (Å²) in [6.45, 7) is -0.346. The van der Waals surface area contributed by atoms with Crippen molar-refractivity contribution >= 4 is 11.8 Å². The molecule has 1 aromatic carbocycles. The van der Waals surface area contributed by atoms with E-state index in [0.29, 0.717) is 5.56 Å². The Bertz CT molecular complexity index is 760. The second-order valence-electron chi connectivity index (χ2n) is 5.18. The first-order valence-corrected chi connectivity index (χ1v) is 6.84. The maximum absolute atomic E-state index is 12.7. The number of ether oxygens (including phenoxy) is 2. The van der Waals surface area contributed by atoms with E-state index in [9.17, 15) is 24.9 Å². The van der Waals surface area contributed by atoms with Crippen LogP contribution >= 0.6 is 0 Å². The lowest BCUT2D eigenvalue weighted by Crippen LogP contribution is -2.42. The maximum atomic E-state index is 12.7. The molecule has 0 saturated carbocycles. The van der Waals surface area contributed by atoms with Gasteiger partial charge >= 0.3 is 5.97 Å². The van der Waals surface area contributed by atoms with Crippen LogP contribution in [0.4, 0.5) is 0 Å². The Morgan fingerprint density at radius 3 is 2.78 bits per heavy atom. The smallest absolute Gasteiger partial charge is 0.338 e. The summed E-state index contributed by atoms with van der Waals surface area (Å²) >= 11 is 0. The number of carbonyl (C=O) groups excluding carboxylic acids is 2. The number of hydrogen-bond donors (Lipinski definition) is 3. The Balaban J connectivity index is 2.21. The summed E-state index contributed by atoms with van der Waals surface area (Å²) in [7, 11) is 1.18. The molecule has 3 rings (SSSR count). The number of phenolic OH excluding ortho intramolecular Hbond substituents is 1. The lowest BCUT2D eigenvalue weighted by Gasteiger charge is -2.33. The molecule has 7 heteroatoms. The Labute approximate surface area is 131 Å². The van der Waals surface area contributed by atoms with E-state index >= 15 is 0 Å². The van der Waals surface area contributed by atoms with Crippen LogP contribution in [-0.4, -0.2) is 46.4 Å². The number of ketones is 1. The minimum atomic E-state index is -1.13. The number of rotatable bonds is 2. The van der Waals surface area contributed by atoms with Gasteiger partial charge in [-0.2, -0.15) is 0 Å². The quantitative estimate of drug-likeness (QED) is 0.669. The molecule has 23 heavy (non-hydrogen) atoms. The number of aromatic hydroxyl groups is 1. The molecule has 1 aliphatic heterocycles. The zero-order chi connectivity index (χ0) is 16.7. The number of hydrogen-bond acceptors (Lipinski definition) is 7. The largest absolute Gasteiger partial charge is 0.507 e. The number of benzene rings is 1. The summed E-state index contributed by atoms with van der Waals surface area (Å²) in [5.74, 6) is -1.68. The van der Waals surface area contributed by atoms with E-state index in [1.165, 1.54) is 31.4 Å². The fraction of sp³-hybridized carbons (Fsp3) is 0.250. The maximum Gasteiger partial charge on any atom is 0.338 e. The summed E-state index contributed by atoms with van der Waals surface area (Å²) in [6.07, 6.45) is 0.417. The van der Waals surface area contributed by atoms with Gasteiger partial charge in [-0.3, -0.25) is 4.79 Å². The summed E-state index contributed by atoms with van der Waals surface area (Å²) < 4.78 is 10.3. The third-order valence-corrected chi connectivity index (χ3v) is 3.80. The monoisotopic (exact) mass is 318 g/mol. The zero-order valence-electron chi connectivity index (χ0n) is 12.1. The Kier molecular flexibility index (Phi) is 3.67. The van der Waals surface area contributed by atoms with Gasteiger partial charge in [-0.15, -0.1) is 0 Å². The summed E-state index contributed by atoms with van der Waals surface area (Å²) in [5.41, 5.74) is 0.156. The summed E-state index contributed by atoms with van der Waals surface area (Å²) in [4.78, 5) is 24.6. The predicted octanol–water partition coefficient (Wildman–Crippen LogP) is 0.228. The highest BCUT2D eigenvalue weighted by molar-refractivity contribution is 6.18. The Morgan fingerprint density at radius 1 is 1.39 bits per heavy atom. The van der Waals surface area contributed by atoms with E-state index in [-0.39, 0.29) is 34.8 Å². The van der Waals surface area contributed by atoms with Crippen LogP contribution in [-0.2, 0) is 16.1 Å². The molecule has 1 aliphatic carbocycles. The van der Waals surface area contributed by atoms with Gasteiger partial charge < -0.3 is 24.8 Å². The van der Waals surface area contributed by atoms with Crippen LogP contribution < -0.4 is 4.74 Å². The lowest BCUT2D eigenvalue weighted by molar-refractivity contribution is -0.135. The zero-order valence-corrected chi connectivity index (χ0v) is 12.1. The van der Waals surface area contributed by atoms with Crippen LogP contribution in [0, 0.1) is 0 Å². The summed E-state index contributed by atoms with van der Waals surface area (Å²) in [5, 5.41) is 29.3. The third kappa shape index (κ3) is 2.30. The van der Waals surface area contributed by atoms with E-state index in [1.54, 1.807) is 0 Å². The average molecular weight is 318 g/mol. The number of aliphatic hydroxyl groups is 2. The first-order valence-electron chi connectivity index (χ1n) is 6.84. The first kappa shape index (κ1) is 15.3. The first-order chi connectivity index (χ1) is 11.0. The topological polar surface area (TPSA) is 113 Å². The van der Waals surface area contributed by atoms with E-state index < -0.39 is 24.0 Å². The fourth-order valence-corrected chi connectivity index (χ4v) is 2.72. The van der Waals surface area contributed by atoms with Crippen molar-refractivity contribution in [2.24, 2.45) is 0 Å². The van der Waals surface area contributed by atoms with Crippen molar-refractivity contribution < 1.29 is 34.4 Å². The molecule has 0 saturated heterocycles. The third-order valence-electron chi connectivity index (χ3n) is 3.80. The van der Waals surface area contributed by atoms with Crippen molar-refractivity contribution in [1.82, 2.24) is 0 Å². The van der Waals surface area contributed by atoms with Gasteiger partial charge in [0.15, 0.2) is 6.10 Å². The average Bonchev–Trinajstić information content (AvgIpc) is 2.54. The number of carbonyl (C=O) groups is 2. The van der Waals surface area contributed by atoms with Crippen LogP contribution in [0.1, 0.15) is 15.9 Å². The molecule has 1 aromatic rings. The van der Waals surface area contributed by atoms with Crippen LogP contribution in [0.3, 0.4) is 0 Å². The molecule has 0 radical (unpaired) electrons. The number of fused-ring (bicyclic) bond motifs is 2. The molecule has 0 amide bonds. The molecular formula is C16H14O7. The van der Waals surface area contributed by atoms with Crippen molar-refractivity contribution in [3.05, 3.63) is 46.6 Å².